The Morgan fingerprint density at radius 1 is 1.12 bits per heavy atom. The van der Waals surface area contributed by atoms with Gasteiger partial charge in [-0.25, -0.2) is 0 Å². The molecule has 0 unspecified atom stereocenters. The van der Waals surface area contributed by atoms with E-state index < -0.39 is 10.4 Å². The van der Waals surface area contributed by atoms with E-state index in [2.05, 4.69) is 0 Å². The van der Waals surface area contributed by atoms with Crippen molar-refractivity contribution < 1.29 is 58.2 Å². The van der Waals surface area contributed by atoms with E-state index in [9.17, 15) is 0 Å². The van der Waals surface area contributed by atoms with Crippen molar-refractivity contribution in [2.24, 2.45) is 0 Å². The Kier molecular flexibility index (Phi) is 18.7. The summed E-state index contributed by atoms with van der Waals surface area (Å²) in [6.07, 6.45) is 0. The second-order valence-electron chi connectivity index (χ2n) is 0.448. The van der Waals surface area contributed by atoms with Gasteiger partial charge in [0.25, 0.3) is 0 Å². The zero-order valence-electron chi connectivity index (χ0n) is 3.03. The molecule has 0 fully saturated rings. The van der Waals surface area contributed by atoms with E-state index in [1.54, 1.807) is 0 Å². The van der Waals surface area contributed by atoms with Gasteiger partial charge in [0.1, 0.15) is 0 Å². The van der Waals surface area contributed by atoms with Gasteiger partial charge in [-0.05, 0) is 0 Å². The summed E-state index contributed by atoms with van der Waals surface area (Å²) in [5, 5.41) is 0. The van der Waals surface area contributed by atoms with Crippen molar-refractivity contribution in [1.82, 2.24) is 0 Å². The summed E-state index contributed by atoms with van der Waals surface area (Å²) < 4.78 is 40.0. The van der Waals surface area contributed by atoms with Gasteiger partial charge in [0, 0.05) is 0 Å². The molecule has 0 aromatic carbocycles. The zero-order chi connectivity index (χ0) is 6.50. The monoisotopic (exact) mass is 278 g/mol. The molecule has 0 spiro atoms. The van der Waals surface area contributed by atoms with E-state index in [0.29, 0.717) is 0 Å². The van der Waals surface area contributed by atoms with Gasteiger partial charge in [-0.1, -0.05) is 0 Å². The normalized spacial score (nSPS) is 7.62. The third-order valence-electron chi connectivity index (χ3n) is 0. The van der Waals surface area contributed by atoms with Gasteiger partial charge in [0.15, 0.2) is 0 Å². The van der Waals surface area contributed by atoms with Gasteiger partial charge in [0.2, 0.25) is 0 Å². The Bertz CT molecular complexity index is 106. The SMILES string of the molecule is O=S(=O)(O)O.[NaH].[O]=[Ce]. The first-order valence-corrected chi connectivity index (χ1v) is 3.58. The van der Waals surface area contributed by atoms with E-state index in [0.717, 1.165) is 0 Å². The van der Waals surface area contributed by atoms with Crippen LogP contribution in [0.15, 0.2) is 0 Å². The van der Waals surface area contributed by atoms with Crippen LogP contribution in [0.4, 0.5) is 0 Å². The first-order valence-electron chi connectivity index (χ1n) is 0.903. The molecule has 44 valence electrons. The van der Waals surface area contributed by atoms with E-state index in [4.69, 9.17) is 18.5 Å². The molecule has 0 atom stereocenters. The van der Waals surface area contributed by atoms with E-state index >= 15 is 0 Å². The van der Waals surface area contributed by atoms with Crippen molar-refractivity contribution in [3.63, 3.8) is 0 Å². The minimum absolute atomic E-state index is 0. The predicted octanol–water partition coefficient (Wildman–Crippen LogP) is -1.42. The fraction of sp³-hybridized carbons (Fsp3) is 0. The van der Waals surface area contributed by atoms with Crippen LogP contribution in [0.25, 0.3) is 0 Å². The molecule has 0 bridgehead atoms. The molecule has 2 N–H and O–H groups in total. The zero-order valence-corrected chi connectivity index (χ0v) is 6.98. The van der Waals surface area contributed by atoms with Gasteiger partial charge in [-0.3, -0.25) is 9.11 Å². The molecule has 0 aromatic heterocycles. The van der Waals surface area contributed by atoms with Crippen LogP contribution >= 0.6 is 0 Å². The Morgan fingerprint density at radius 3 is 1.12 bits per heavy atom. The number of hydrogen-bond donors (Lipinski definition) is 2. The quantitative estimate of drug-likeness (QED) is 0.419. The summed E-state index contributed by atoms with van der Waals surface area (Å²) >= 11 is 0.0556. The Labute approximate surface area is 96.3 Å². The molecular weight excluding hydrogens is 275 g/mol. The Morgan fingerprint density at radius 2 is 1.12 bits per heavy atom. The van der Waals surface area contributed by atoms with Crippen LogP contribution in [0.5, 0.6) is 0 Å². The summed E-state index contributed by atoms with van der Waals surface area (Å²) in [5.41, 5.74) is 0. The predicted molar refractivity (Wildman–Crippen MR) is 22.0 cm³/mol. The maximum atomic E-state index is 8.74. The molecule has 0 rings (SSSR count). The molecule has 0 aliphatic rings. The molecule has 8 heavy (non-hydrogen) atoms. The first kappa shape index (κ1) is 16.6. The summed E-state index contributed by atoms with van der Waals surface area (Å²) in [5.74, 6) is 0. The Balaban J connectivity index is -0.0000000750. The summed E-state index contributed by atoms with van der Waals surface area (Å²) in [4.78, 5) is 0. The van der Waals surface area contributed by atoms with Crippen molar-refractivity contribution >= 4 is 40.0 Å². The van der Waals surface area contributed by atoms with E-state index in [-0.39, 0.29) is 69.3 Å². The molecule has 0 radical (unpaired) electrons. The third-order valence-corrected chi connectivity index (χ3v) is 0. The summed E-state index contributed by atoms with van der Waals surface area (Å²) in [6, 6.07) is 0. The molecule has 0 saturated carbocycles. The van der Waals surface area contributed by atoms with E-state index in [1.807, 2.05) is 0 Å². The van der Waals surface area contributed by atoms with Gasteiger partial charge in [-0.2, -0.15) is 8.42 Å². The molecule has 0 saturated heterocycles. The van der Waals surface area contributed by atoms with Crippen LogP contribution in [0.2, 0.25) is 0 Å². The second kappa shape index (κ2) is 9.05. The molecule has 0 aliphatic heterocycles. The van der Waals surface area contributed by atoms with Gasteiger partial charge in [0.05, 0.1) is 0 Å². The van der Waals surface area contributed by atoms with Crippen LogP contribution in [0.3, 0.4) is 0 Å². The Hall–Kier alpha value is 2.05. The van der Waals surface area contributed by atoms with Crippen LogP contribution in [0.1, 0.15) is 0 Å². The molecule has 0 amide bonds. The molecule has 8 heteroatoms. The van der Waals surface area contributed by atoms with Crippen molar-refractivity contribution in [2.45, 2.75) is 0 Å². The fourth-order valence-corrected chi connectivity index (χ4v) is 0. The summed E-state index contributed by atoms with van der Waals surface area (Å²) in [7, 11) is -4.67. The van der Waals surface area contributed by atoms with Crippen molar-refractivity contribution in [3.05, 3.63) is 0 Å². The molecule has 5 nitrogen and oxygen atoms in total. The van der Waals surface area contributed by atoms with E-state index in [1.165, 1.54) is 0 Å². The van der Waals surface area contributed by atoms with Crippen LogP contribution in [-0.2, 0) is 11.3 Å². The summed E-state index contributed by atoms with van der Waals surface area (Å²) in [6.45, 7) is 0. The molecule has 0 aromatic rings. The molecule has 0 aliphatic carbocycles. The fourth-order valence-electron chi connectivity index (χ4n) is 0. The molecule has 0 heterocycles. The van der Waals surface area contributed by atoms with Gasteiger partial charge < -0.3 is 0 Å². The standard InChI is InChI=1S/Ce.Na.H2O4S.O.H/c;;1-5(2,3)4;;/h;;(H2,1,2,3,4);;. The van der Waals surface area contributed by atoms with Crippen molar-refractivity contribution in [1.29, 1.82) is 0 Å². The topological polar surface area (TPSA) is 91.7 Å². The van der Waals surface area contributed by atoms with Crippen molar-refractivity contribution in [2.75, 3.05) is 0 Å². The number of hydrogen-bond acceptors (Lipinski definition) is 3. The van der Waals surface area contributed by atoms with Gasteiger partial charge >= 0.3 is 80.7 Å². The van der Waals surface area contributed by atoms with Crippen molar-refractivity contribution in [3.8, 4) is 0 Å². The first-order chi connectivity index (χ1) is 3.00. The van der Waals surface area contributed by atoms with Crippen LogP contribution in [-0.4, -0.2) is 47.1 Å². The third kappa shape index (κ3) is 95.4. The van der Waals surface area contributed by atoms with Crippen LogP contribution in [0, 0.1) is 39.8 Å². The molecular formula is H3CeNaO5S. The maximum absolute atomic E-state index is 8.74. The average Bonchev–Trinajstić information content (AvgIpc) is 1.36. The minimum atomic E-state index is -4.67. The van der Waals surface area contributed by atoms with Gasteiger partial charge in [-0.15, -0.1) is 0 Å². The number of rotatable bonds is 0. The second-order valence-corrected chi connectivity index (χ2v) is 1.34. The van der Waals surface area contributed by atoms with Crippen LogP contribution < -0.4 is 0 Å². The average molecular weight is 278 g/mol.